The average Bonchev–Trinajstić information content (AvgIpc) is 3.13. The number of benzene rings is 2. The fraction of sp³-hybridized carbons (Fsp3) is 0.391. The van der Waals surface area contributed by atoms with Crippen LogP contribution in [0.25, 0.3) is 0 Å². The van der Waals surface area contributed by atoms with E-state index in [1.807, 2.05) is 6.07 Å². The normalized spacial score (nSPS) is 20.3. The van der Waals surface area contributed by atoms with Crippen molar-refractivity contribution in [1.29, 1.82) is 0 Å². The minimum atomic E-state index is -1.30. The monoisotopic (exact) mass is 469 g/mol. The molecule has 3 atom stereocenters. The first-order chi connectivity index (χ1) is 14.7. The molecule has 0 bridgehead atoms. The summed E-state index contributed by atoms with van der Waals surface area (Å²) in [6.45, 7) is 5.24. The first-order valence-corrected chi connectivity index (χ1v) is 9.82. The Bertz CT molecular complexity index is 945. The number of hydrogen-bond donors (Lipinski definition) is 1. The van der Waals surface area contributed by atoms with Crippen molar-refractivity contribution in [2.75, 3.05) is 14.2 Å². The second kappa shape index (κ2) is 11.0. The summed E-state index contributed by atoms with van der Waals surface area (Å²) in [6, 6.07) is 13.0. The zero-order valence-electron chi connectivity index (χ0n) is 18.2. The van der Waals surface area contributed by atoms with E-state index >= 15 is 0 Å². The van der Waals surface area contributed by atoms with Crippen molar-refractivity contribution in [3.8, 4) is 11.5 Å². The topological polar surface area (TPSA) is 94.5 Å². The molecule has 1 aliphatic rings. The molecule has 1 fully saturated rings. The number of ether oxygens (including phenoxy) is 4. The van der Waals surface area contributed by atoms with Crippen LogP contribution in [0.2, 0.25) is 0 Å². The van der Waals surface area contributed by atoms with Gasteiger partial charge in [0.1, 0.15) is 23.1 Å². The molecule has 0 saturated carbocycles. The van der Waals surface area contributed by atoms with Gasteiger partial charge >= 0.3 is 63.4 Å². The van der Waals surface area contributed by atoms with E-state index < -0.39 is 36.0 Å². The Morgan fingerprint density at radius 1 is 1.03 bits per heavy atom. The van der Waals surface area contributed by atoms with Gasteiger partial charge in [0.2, 0.25) is 0 Å². The van der Waals surface area contributed by atoms with Crippen molar-refractivity contribution in [2.45, 2.75) is 44.7 Å². The summed E-state index contributed by atoms with van der Waals surface area (Å²) in [7, 11) is 3.01. The van der Waals surface area contributed by atoms with E-state index in [0.29, 0.717) is 22.6 Å². The average molecular weight is 470 g/mol. The van der Waals surface area contributed by atoms with Crippen LogP contribution >= 0.6 is 0 Å². The second-order valence-electron chi connectivity index (χ2n) is 8.10. The summed E-state index contributed by atoms with van der Waals surface area (Å²) in [5.74, 6) is -0.232. The van der Waals surface area contributed by atoms with Gasteiger partial charge in [-0.3, -0.25) is 4.90 Å². The van der Waals surface area contributed by atoms with Crippen molar-refractivity contribution in [2.24, 2.45) is 0 Å². The Balaban J connectivity index is 0.00000363. The summed E-state index contributed by atoms with van der Waals surface area (Å²) >= 11 is 0. The summed E-state index contributed by atoms with van der Waals surface area (Å²) in [6.07, 6.45) is -3.03. The molecule has 0 spiro atoms. The number of carbonyl (C=O) groups excluding carboxylic acids is 1. The van der Waals surface area contributed by atoms with E-state index in [1.54, 1.807) is 63.2 Å². The number of carbonyl (C=O) groups is 2. The van der Waals surface area contributed by atoms with Crippen LogP contribution in [0.15, 0.2) is 48.5 Å². The van der Waals surface area contributed by atoms with Crippen molar-refractivity contribution < 1.29 is 33.6 Å². The number of carboxylic acid groups (broad SMARTS) is 1. The van der Waals surface area contributed by atoms with Crippen molar-refractivity contribution in [1.82, 2.24) is 4.90 Å². The van der Waals surface area contributed by atoms with E-state index in [1.165, 1.54) is 19.1 Å². The van der Waals surface area contributed by atoms with E-state index in [4.69, 9.17) is 18.9 Å². The van der Waals surface area contributed by atoms with Gasteiger partial charge in [-0.25, -0.2) is 9.59 Å². The maximum atomic E-state index is 13.3. The molecule has 2 aromatic carbocycles. The predicted octanol–water partition coefficient (Wildman–Crippen LogP) is 3.52. The molecule has 3 rings (SSSR count). The van der Waals surface area contributed by atoms with Crippen LogP contribution in [0.5, 0.6) is 11.5 Å². The zero-order valence-corrected chi connectivity index (χ0v) is 18.2. The fourth-order valence-electron chi connectivity index (χ4n) is 3.52. The number of aliphatic carboxylic acids is 1. The van der Waals surface area contributed by atoms with Crippen LogP contribution in [-0.2, 0) is 14.3 Å². The standard InChI is InChI=1S/C23H27NO7.K.H/c1-23(2,3)31-22(27)24-18(14-9-7-6-8-10-14)19(21(25)26)30-20(24)16-12-11-15(28-4)13-17(16)29-5;;/h6-13,18-20H,1-5H3,(H,25,26);;/t18-,19-,20-;;/m1../s1. The molecule has 1 aliphatic heterocycles. The third-order valence-corrected chi connectivity index (χ3v) is 4.81. The molecule has 1 N–H and O–H groups in total. The van der Waals surface area contributed by atoms with Crippen molar-refractivity contribution in [3.05, 3.63) is 59.7 Å². The van der Waals surface area contributed by atoms with Gasteiger partial charge in [0.25, 0.3) is 0 Å². The zero-order chi connectivity index (χ0) is 22.8. The molecule has 0 aliphatic carbocycles. The number of methoxy groups -OCH3 is 2. The summed E-state index contributed by atoms with van der Waals surface area (Å²) < 4.78 is 22.3. The number of rotatable bonds is 5. The van der Waals surface area contributed by atoms with Gasteiger partial charge in [0.05, 0.1) is 14.2 Å². The predicted molar refractivity (Wildman–Crippen MR) is 119 cm³/mol. The van der Waals surface area contributed by atoms with E-state index in [9.17, 15) is 14.7 Å². The van der Waals surface area contributed by atoms with Gasteiger partial charge in [0.15, 0.2) is 12.3 Å². The molecule has 2 aromatic rings. The fourth-order valence-corrected chi connectivity index (χ4v) is 3.52. The molecular weight excluding hydrogens is 441 g/mol. The Morgan fingerprint density at radius 2 is 1.69 bits per heavy atom. The SMILES string of the molecule is COc1ccc([C@H]2O[C@@H](C(=O)O)[C@@H](c3ccccc3)N2C(=O)OC(C)(C)C)c(OC)c1.[KH]. The molecule has 0 aromatic heterocycles. The molecular formula is C23H28KNO7. The third-order valence-electron chi connectivity index (χ3n) is 4.81. The van der Waals surface area contributed by atoms with Crippen molar-refractivity contribution in [3.63, 3.8) is 0 Å². The van der Waals surface area contributed by atoms with Gasteiger partial charge in [-0.2, -0.15) is 0 Å². The number of amides is 1. The molecule has 0 radical (unpaired) electrons. The number of carboxylic acids is 1. The molecule has 0 unspecified atom stereocenters. The van der Waals surface area contributed by atoms with Crippen LogP contribution in [-0.4, -0.2) is 99.4 Å². The van der Waals surface area contributed by atoms with Crippen LogP contribution in [0, 0.1) is 0 Å². The molecule has 168 valence electrons. The van der Waals surface area contributed by atoms with Crippen LogP contribution in [0.3, 0.4) is 0 Å². The van der Waals surface area contributed by atoms with E-state index in [0.717, 1.165) is 0 Å². The van der Waals surface area contributed by atoms with E-state index in [2.05, 4.69) is 0 Å². The molecule has 1 saturated heterocycles. The first kappa shape index (κ1) is 26.6. The summed E-state index contributed by atoms with van der Waals surface area (Å²) in [4.78, 5) is 26.7. The number of hydrogen-bond acceptors (Lipinski definition) is 6. The van der Waals surface area contributed by atoms with Crippen LogP contribution in [0.1, 0.15) is 44.2 Å². The van der Waals surface area contributed by atoms with Gasteiger partial charge in [0, 0.05) is 11.6 Å². The quantitative estimate of drug-likeness (QED) is 0.670. The summed E-state index contributed by atoms with van der Waals surface area (Å²) in [5.41, 5.74) is 0.323. The van der Waals surface area contributed by atoms with E-state index in [-0.39, 0.29) is 51.4 Å². The van der Waals surface area contributed by atoms with Gasteiger partial charge in [-0.05, 0) is 38.5 Å². The molecule has 1 amide bonds. The number of nitrogens with zero attached hydrogens (tertiary/aromatic N) is 1. The molecule has 32 heavy (non-hydrogen) atoms. The van der Waals surface area contributed by atoms with Crippen molar-refractivity contribution >= 4 is 63.4 Å². The van der Waals surface area contributed by atoms with Gasteiger partial charge in [-0.15, -0.1) is 0 Å². The molecule has 1 heterocycles. The Labute approximate surface area is 230 Å². The van der Waals surface area contributed by atoms with Crippen LogP contribution < -0.4 is 9.47 Å². The Hall–Kier alpha value is -1.62. The van der Waals surface area contributed by atoms with Crippen LogP contribution in [0.4, 0.5) is 4.79 Å². The molecule has 9 heteroatoms. The first-order valence-electron chi connectivity index (χ1n) is 9.82. The summed E-state index contributed by atoms with van der Waals surface area (Å²) in [5, 5.41) is 9.90. The maximum absolute atomic E-state index is 13.3. The minimum absolute atomic E-state index is 0. The second-order valence-corrected chi connectivity index (χ2v) is 8.10. The van der Waals surface area contributed by atoms with Gasteiger partial charge < -0.3 is 24.1 Å². The van der Waals surface area contributed by atoms with Gasteiger partial charge in [-0.1, -0.05) is 30.3 Å². The Kier molecular flexibility index (Phi) is 9.15. The molecule has 8 nitrogen and oxygen atoms in total. The third kappa shape index (κ3) is 5.83. The Morgan fingerprint density at radius 3 is 2.22 bits per heavy atom.